The predicted octanol–water partition coefficient (Wildman–Crippen LogP) is 2.05. The summed E-state index contributed by atoms with van der Waals surface area (Å²) in [7, 11) is 0. The first-order chi connectivity index (χ1) is 9.22. The van der Waals surface area contributed by atoms with Gasteiger partial charge in [-0.15, -0.1) is 0 Å². The second kappa shape index (κ2) is 6.78. The lowest BCUT2D eigenvalue weighted by atomic mass is 10.2. The highest BCUT2D eigenvalue weighted by Crippen LogP contribution is 2.29. The Labute approximate surface area is 114 Å². The molecular formula is C15H23NO3. The highest BCUT2D eigenvalue weighted by atomic mass is 16.5. The summed E-state index contributed by atoms with van der Waals surface area (Å²) in [6.45, 7) is 7.78. The SMILES string of the molecule is CCOc1ccc(CN2CC[C@H](O)C2)cc1OCC. The van der Waals surface area contributed by atoms with Crippen LogP contribution in [0.25, 0.3) is 0 Å². The van der Waals surface area contributed by atoms with Gasteiger partial charge in [-0.2, -0.15) is 0 Å². The molecule has 1 aromatic carbocycles. The van der Waals surface area contributed by atoms with Crippen molar-refractivity contribution in [3.63, 3.8) is 0 Å². The van der Waals surface area contributed by atoms with Gasteiger partial charge in [0.15, 0.2) is 11.5 Å². The topological polar surface area (TPSA) is 41.9 Å². The van der Waals surface area contributed by atoms with Crippen LogP contribution in [0, 0.1) is 0 Å². The average Bonchev–Trinajstić information content (AvgIpc) is 2.79. The second-order valence-corrected chi connectivity index (χ2v) is 4.82. The first-order valence-corrected chi connectivity index (χ1v) is 7.01. The molecule has 2 rings (SSSR count). The lowest BCUT2D eigenvalue weighted by molar-refractivity contribution is 0.174. The Kier molecular flexibility index (Phi) is 5.05. The van der Waals surface area contributed by atoms with Gasteiger partial charge in [0.1, 0.15) is 0 Å². The molecule has 1 saturated heterocycles. The van der Waals surface area contributed by atoms with Crippen molar-refractivity contribution in [1.82, 2.24) is 4.90 Å². The van der Waals surface area contributed by atoms with Gasteiger partial charge >= 0.3 is 0 Å². The van der Waals surface area contributed by atoms with Crippen LogP contribution >= 0.6 is 0 Å². The van der Waals surface area contributed by atoms with Gasteiger partial charge in [0.25, 0.3) is 0 Å². The van der Waals surface area contributed by atoms with Crippen LogP contribution in [-0.4, -0.2) is 42.4 Å². The summed E-state index contributed by atoms with van der Waals surface area (Å²) in [4.78, 5) is 2.26. The Balaban J connectivity index is 2.06. The Bertz CT molecular complexity index is 408. The summed E-state index contributed by atoms with van der Waals surface area (Å²) in [5, 5.41) is 9.54. The highest BCUT2D eigenvalue weighted by molar-refractivity contribution is 5.43. The first-order valence-electron chi connectivity index (χ1n) is 7.01. The third kappa shape index (κ3) is 3.85. The summed E-state index contributed by atoms with van der Waals surface area (Å²) in [6.07, 6.45) is 0.698. The van der Waals surface area contributed by atoms with E-state index in [-0.39, 0.29) is 6.10 Å². The lowest BCUT2D eigenvalue weighted by Crippen LogP contribution is -2.21. The molecule has 0 spiro atoms. The van der Waals surface area contributed by atoms with E-state index >= 15 is 0 Å². The van der Waals surface area contributed by atoms with Gasteiger partial charge in [0.2, 0.25) is 0 Å². The van der Waals surface area contributed by atoms with Crippen molar-refractivity contribution in [3.05, 3.63) is 23.8 Å². The maximum atomic E-state index is 9.54. The number of hydrogen-bond donors (Lipinski definition) is 1. The molecule has 1 aliphatic heterocycles. The molecule has 0 aliphatic carbocycles. The molecule has 106 valence electrons. The second-order valence-electron chi connectivity index (χ2n) is 4.82. The summed E-state index contributed by atoms with van der Waals surface area (Å²) in [6, 6.07) is 6.08. The van der Waals surface area contributed by atoms with Crippen molar-refractivity contribution in [3.8, 4) is 11.5 Å². The molecule has 1 atom stereocenters. The largest absolute Gasteiger partial charge is 0.490 e. The minimum Gasteiger partial charge on any atom is -0.490 e. The van der Waals surface area contributed by atoms with E-state index in [0.29, 0.717) is 13.2 Å². The van der Waals surface area contributed by atoms with E-state index in [1.165, 1.54) is 5.56 Å². The Morgan fingerprint density at radius 3 is 2.58 bits per heavy atom. The summed E-state index contributed by atoms with van der Waals surface area (Å²) in [5.74, 6) is 1.61. The molecule has 1 aliphatic rings. The van der Waals surface area contributed by atoms with E-state index in [9.17, 15) is 5.11 Å². The quantitative estimate of drug-likeness (QED) is 0.855. The number of hydrogen-bond acceptors (Lipinski definition) is 4. The van der Waals surface area contributed by atoms with Crippen molar-refractivity contribution in [2.45, 2.75) is 32.9 Å². The average molecular weight is 265 g/mol. The number of aliphatic hydroxyl groups is 1. The third-order valence-electron chi connectivity index (χ3n) is 3.26. The van der Waals surface area contributed by atoms with Crippen LogP contribution in [0.1, 0.15) is 25.8 Å². The van der Waals surface area contributed by atoms with Crippen molar-refractivity contribution in [1.29, 1.82) is 0 Å². The molecule has 19 heavy (non-hydrogen) atoms. The van der Waals surface area contributed by atoms with Crippen LogP contribution in [-0.2, 0) is 6.54 Å². The monoisotopic (exact) mass is 265 g/mol. The van der Waals surface area contributed by atoms with E-state index in [1.807, 2.05) is 26.0 Å². The maximum absolute atomic E-state index is 9.54. The fourth-order valence-electron chi connectivity index (χ4n) is 2.41. The zero-order valence-corrected chi connectivity index (χ0v) is 11.8. The van der Waals surface area contributed by atoms with E-state index in [0.717, 1.165) is 37.6 Å². The molecule has 4 nitrogen and oxygen atoms in total. The molecule has 0 amide bonds. The van der Waals surface area contributed by atoms with Crippen LogP contribution in [0.5, 0.6) is 11.5 Å². The van der Waals surface area contributed by atoms with Crippen LogP contribution in [0.2, 0.25) is 0 Å². The molecule has 0 aromatic heterocycles. The summed E-state index contributed by atoms with van der Waals surface area (Å²) in [5.41, 5.74) is 1.20. The van der Waals surface area contributed by atoms with Gasteiger partial charge < -0.3 is 14.6 Å². The van der Waals surface area contributed by atoms with Crippen molar-refractivity contribution < 1.29 is 14.6 Å². The Morgan fingerprint density at radius 1 is 1.21 bits per heavy atom. The number of rotatable bonds is 6. The van der Waals surface area contributed by atoms with Crippen molar-refractivity contribution >= 4 is 0 Å². The normalized spacial score (nSPS) is 19.6. The lowest BCUT2D eigenvalue weighted by Gasteiger charge is -2.17. The highest BCUT2D eigenvalue weighted by Gasteiger charge is 2.20. The molecule has 4 heteroatoms. The van der Waals surface area contributed by atoms with E-state index in [1.54, 1.807) is 0 Å². The molecular weight excluding hydrogens is 242 g/mol. The molecule has 0 radical (unpaired) electrons. The Hall–Kier alpha value is -1.26. The molecule has 0 unspecified atom stereocenters. The summed E-state index contributed by atoms with van der Waals surface area (Å²) < 4.78 is 11.2. The third-order valence-corrected chi connectivity index (χ3v) is 3.26. The standard InChI is InChI=1S/C15H23NO3/c1-3-18-14-6-5-12(9-15(14)19-4-2)10-16-8-7-13(17)11-16/h5-6,9,13,17H,3-4,7-8,10-11H2,1-2H3/t13-/m0/s1. The van der Waals surface area contributed by atoms with Gasteiger partial charge in [0, 0.05) is 19.6 Å². The van der Waals surface area contributed by atoms with Gasteiger partial charge in [-0.1, -0.05) is 6.07 Å². The summed E-state index contributed by atoms with van der Waals surface area (Å²) >= 11 is 0. The smallest absolute Gasteiger partial charge is 0.161 e. The molecule has 1 fully saturated rings. The molecule has 1 heterocycles. The number of nitrogens with zero attached hydrogens (tertiary/aromatic N) is 1. The van der Waals surface area contributed by atoms with E-state index < -0.39 is 0 Å². The van der Waals surface area contributed by atoms with Gasteiger partial charge in [-0.25, -0.2) is 0 Å². The van der Waals surface area contributed by atoms with Crippen LogP contribution in [0.15, 0.2) is 18.2 Å². The molecule has 1 N–H and O–H groups in total. The predicted molar refractivity (Wildman–Crippen MR) is 74.7 cm³/mol. The fourth-order valence-corrected chi connectivity index (χ4v) is 2.41. The van der Waals surface area contributed by atoms with Crippen molar-refractivity contribution in [2.24, 2.45) is 0 Å². The van der Waals surface area contributed by atoms with Crippen LogP contribution < -0.4 is 9.47 Å². The van der Waals surface area contributed by atoms with Gasteiger partial charge in [0.05, 0.1) is 19.3 Å². The van der Waals surface area contributed by atoms with Gasteiger partial charge in [-0.3, -0.25) is 4.90 Å². The minimum absolute atomic E-state index is 0.172. The number of benzene rings is 1. The molecule has 1 aromatic rings. The number of ether oxygens (including phenoxy) is 2. The molecule has 0 saturated carbocycles. The first kappa shape index (κ1) is 14.2. The Morgan fingerprint density at radius 2 is 1.95 bits per heavy atom. The van der Waals surface area contributed by atoms with Crippen LogP contribution in [0.3, 0.4) is 0 Å². The zero-order chi connectivity index (χ0) is 13.7. The van der Waals surface area contributed by atoms with E-state index in [2.05, 4.69) is 11.0 Å². The van der Waals surface area contributed by atoms with Gasteiger partial charge in [-0.05, 0) is 38.0 Å². The number of β-amino-alcohol motifs (C(OH)–C–C–N with tert-alkyl or cyclic N) is 1. The maximum Gasteiger partial charge on any atom is 0.161 e. The number of likely N-dealkylation sites (tertiary alicyclic amines) is 1. The minimum atomic E-state index is -0.172. The molecule has 0 bridgehead atoms. The zero-order valence-electron chi connectivity index (χ0n) is 11.8. The van der Waals surface area contributed by atoms with Crippen molar-refractivity contribution in [2.75, 3.05) is 26.3 Å². The van der Waals surface area contributed by atoms with E-state index in [4.69, 9.17) is 9.47 Å². The fraction of sp³-hybridized carbons (Fsp3) is 0.600. The number of aliphatic hydroxyl groups excluding tert-OH is 1. The van der Waals surface area contributed by atoms with Crippen LogP contribution in [0.4, 0.5) is 0 Å².